The number of nitriles is 1. The lowest BCUT2D eigenvalue weighted by molar-refractivity contribution is 0.319. The first kappa shape index (κ1) is 22.3. The summed E-state index contributed by atoms with van der Waals surface area (Å²) in [6, 6.07) is 32.8. The van der Waals surface area contributed by atoms with Gasteiger partial charge in [-0.05, 0) is 36.4 Å². The minimum Gasteiger partial charge on any atom is -0.298 e. The molecule has 0 bridgehead atoms. The van der Waals surface area contributed by atoms with E-state index in [1.165, 1.54) is 11.1 Å². The highest BCUT2D eigenvalue weighted by Crippen LogP contribution is 2.31. The zero-order valence-electron chi connectivity index (χ0n) is 19.5. The summed E-state index contributed by atoms with van der Waals surface area (Å²) in [6.07, 6.45) is 5.64. The molecule has 0 saturated carbocycles. The van der Waals surface area contributed by atoms with E-state index < -0.39 is 0 Å². The van der Waals surface area contributed by atoms with Gasteiger partial charge in [0.25, 0.3) is 0 Å². The standard InChI is InChI=1S/C30H25N5/c1-34(21-25-19-33-35(22-25)28-10-6-3-7-11-28)20-23-12-14-27(15-13-23)30-29(16-24(17-31)18-32-30)26-8-4-2-5-9-26/h2-16,18-19,22H,20-21H2,1H3. The molecular weight excluding hydrogens is 430 g/mol. The molecular formula is C30H25N5. The van der Waals surface area contributed by atoms with Gasteiger partial charge in [0.2, 0.25) is 0 Å². The normalized spacial score (nSPS) is 10.9. The van der Waals surface area contributed by atoms with Gasteiger partial charge in [-0.25, -0.2) is 4.68 Å². The van der Waals surface area contributed by atoms with E-state index in [9.17, 15) is 5.26 Å². The molecule has 170 valence electrons. The Morgan fingerprint density at radius 1 is 0.800 bits per heavy atom. The molecule has 0 spiro atoms. The van der Waals surface area contributed by atoms with Crippen molar-refractivity contribution in [2.24, 2.45) is 0 Å². The molecule has 0 atom stereocenters. The van der Waals surface area contributed by atoms with Crippen molar-refractivity contribution in [3.8, 4) is 34.1 Å². The fourth-order valence-corrected chi connectivity index (χ4v) is 4.20. The number of hydrogen-bond acceptors (Lipinski definition) is 4. The van der Waals surface area contributed by atoms with Crippen LogP contribution in [0.4, 0.5) is 0 Å². The van der Waals surface area contributed by atoms with Crippen LogP contribution in [0.3, 0.4) is 0 Å². The molecule has 0 fully saturated rings. The Bertz CT molecular complexity index is 1450. The first-order valence-electron chi connectivity index (χ1n) is 11.5. The van der Waals surface area contributed by atoms with E-state index in [0.717, 1.165) is 41.2 Å². The Hall–Kier alpha value is -4.53. The van der Waals surface area contributed by atoms with E-state index in [1.54, 1.807) is 6.20 Å². The van der Waals surface area contributed by atoms with Crippen LogP contribution in [0.25, 0.3) is 28.1 Å². The predicted octanol–water partition coefficient (Wildman–Crippen LogP) is 6.10. The van der Waals surface area contributed by atoms with E-state index in [2.05, 4.69) is 58.6 Å². The molecule has 0 aliphatic heterocycles. The Kier molecular flexibility index (Phi) is 6.47. The van der Waals surface area contributed by atoms with Gasteiger partial charge in [0.15, 0.2) is 0 Å². The maximum Gasteiger partial charge on any atom is 0.101 e. The Morgan fingerprint density at radius 2 is 1.49 bits per heavy atom. The SMILES string of the molecule is CN(Cc1ccc(-c2ncc(C#N)cc2-c2ccccc2)cc1)Cc1cnn(-c2ccccc2)c1. The molecule has 5 aromatic rings. The molecule has 0 aliphatic rings. The smallest absolute Gasteiger partial charge is 0.101 e. The second-order valence-corrected chi connectivity index (χ2v) is 8.60. The van der Waals surface area contributed by atoms with Gasteiger partial charge in [-0.15, -0.1) is 0 Å². The van der Waals surface area contributed by atoms with Gasteiger partial charge >= 0.3 is 0 Å². The summed E-state index contributed by atoms with van der Waals surface area (Å²) >= 11 is 0. The van der Waals surface area contributed by atoms with E-state index in [4.69, 9.17) is 0 Å². The number of nitrogens with zero attached hydrogens (tertiary/aromatic N) is 5. The van der Waals surface area contributed by atoms with Crippen LogP contribution in [0.15, 0.2) is 110 Å². The largest absolute Gasteiger partial charge is 0.298 e. The molecule has 2 heterocycles. The van der Waals surface area contributed by atoms with Crippen LogP contribution in [-0.4, -0.2) is 26.7 Å². The van der Waals surface area contributed by atoms with Crippen LogP contribution >= 0.6 is 0 Å². The van der Waals surface area contributed by atoms with E-state index in [1.807, 2.05) is 77.6 Å². The third-order valence-electron chi connectivity index (χ3n) is 5.89. The molecule has 0 N–H and O–H groups in total. The van der Waals surface area contributed by atoms with Crippen molar-refractivity contribution in [2.75, 3.05) is 7.05 Å². The molecule has 3 aromatic carbocycles. The molecule has 5 heteroatoms. The van der Waals surface area contributed by atoms with Crippen molar-refractivity contribution in [2.45, 2.75) is 13.1 Å². The zero-order chi connectivity index (χ0) is 24.0. The molecule has 0 unspecified atom stereocenters. The van der Waals surface area contributed by atoms with Crippen LogP contribution in [0.2, 0.25) is 0 Å². The highest BCUT2D eigenvalue weighted by molar-refractivity contribution is 5.81. The molecule has 0 aliphatic carbocycles. The van der Waals surface area contributed by atoms with E-state index >= 15 is 0 Å². The van der Waals surface area contributed by atoms with Crippen molar-refractivity contribution >= 4 is 0 Å². The van der Waals surface area contributed by atoms with E-state index in [-0.39, 0.29) is 0 Å². The summed E-state index contributed by atoms with van der Waals surface area (Å²) in [5.74, 6) is 0. The Labute approximate surface area is 205 Å². The van der Waals surface area contributed by atoms with Gasteiger partial charge in [-0.2, -0.15) is 10.4 Å². The predicted molar refractivity (Wildman–Crippen MR) is 139 cm³/mol. The highest BCUT2D eigenvalue weighted by Gasteiger charge is 2.11. The van der Waals surface area contributed by atoms with Crippen molar-refractivity contribution in [3.05, 3.63) is 126 Å². The fraction of sp³-hybridized carbons (Fsp3) is 0.100. The fourth-order valence-electron chi connectivity index (χ4n) is 4.20. The van der Waals surface area contributed by atoms with Crippen molar-refractivity contribution in [3.63, 3.8) is 0 Å². The van der Waals surface area contributed by atoms with E-state index in [0.29, 0.717) is 5.56 Å². The second kappa shape index (κ2) is 10.2. The summed E-state index contributed by atoms with van der Waals surface area (Å²) in [5, 5.41) is 13.9. The van der Waals surface area contributed by atoms with Gasteiger partial charge in [0.1, 0.15) is 6.07 Å². The van der Waals surface area contributed by atoms with Crippen molar-refractivity contribution in [1.29, 1.82) is 5.26 Å². The van der Waals surface area contributed by atoms with Crippen LogP contribution in [-0.2, 0) is 13.1 Å². The molecule has 35 heavy (non-hydrogen) atoms. The number of rotatable bonds is 7. The van der Waals surface area contributed by atoms with Crippen LogP contribution < -0.4 is 0 Å². The lowest BCUT2D eigenvalue weighted by atomic mass is 9.97. The molecule has 0 radical (unpaired) electrons. The Balaban J connectivity index is 1.30. The van der Waals surface area contributed by atoms with Crippen molar-refractivity contribution in [1.82, 2.24) is 19.7 Å². The zero-order valence-corrected chi connectivity index (χ0v) is 19.5. The quantitative estimate of drug-likeness (QED) is 0.297. The molecule has 5 rings (SSSR count). The summed E-state index contributed by atoms with van der Waals surface area (Å²) in [4.78, 5) is 6.90. The number of hydrogen-bond donors (Lipinski definition) is 0. The minimum atomic E-state index is 0.557. The number of para-hydroxylation sites is 1. The van der Waals surface area contributed by atoms with Crippen molar-refractivity contribution < 1.29 is 0 Å². The maximum absolute atomic E-state index is 9.36. The molecule has 0 amide bonds. The van der Waals surface area contributed by atoms with Gasteiger partial charge < -0.3 is 0 Å². The van der Waals surface area contributed by atoms with Gasteiger partial charge in [0.05, 0.1) is 23.1 Å². The lowest BCUT2D eigenvalue weighted by Gasteiger charge is -2.16. The average Bonchev–Trinajstić information content (AvgIpc) is 3.38. The van der Waals surface area contributed by atoms with Gasteiger partial charge in [-0.3, -0.25) is 9.88 Å². The number of benzene rings is 3. The first-order valence-corrected chi connectivity index (χ1v) is 11.5. The molecule has 5 nitrogen and oxygen atoms in total. The van der Waals surface area contributed by atoms with Crippen LogP contribution in [0.5, 0.6) is 0 Å². The third-order valence-corrected chi connectivity index (χ3v) is 5.89. The maximum atomic E-state index is 9.36. The van der Waals surface area contributed by atoms with Gasteiger partial charge in [0, 0.05) is 42.2 Å². The van der Waals surface area contributed by atoms with Crippen LogP contribution in [0.1, 0.15) is 16.7 Å². The molecule has 2 aromatic heterocycles. The topological polar surface area (TPSA) is 57.7 Å². The number of aromatic nitrogens is 3. The monoisotopic (exact) mass is 455 g/mol. The number of pyridine rings is 1. The summed E-state index contributed by atoms with van der Waals surface area (Å²) < 4.78 is 1.91. The van der Waals surface area contributed by atoms with Gasteiger partial charge in [-0.1, -0.05) is 72.8 Å². The Morgan fingerprint density at radius 3 is 2.20 bits per heavy atom. The molecule has 0 saturated heterocycles. The summed E-state index contributed by atoms with van der Waals surface area (Å²) in [5.41, 5.74) is 7.93. The highest BCUT2D eigenvalue weighted by atomic mass is 15.3. The van der Waals surface area contributed by atoms with Crippen LogP contribution in [0, 0.1) is 11.3 Å². The summed E-state index contributed by atoms with van der Waals surface area (Å²) in [7, 11) is 2.11. The minimum absolute atomic E-state index is 0.557. The second-order valence-electron chi connectivity index (χ2n) is 8.60. The summed E-state index contributed by atoms with van der Waals surface area (Å²) in [6.45, 7) is 1.63. The average molecular weight is 456 g/mol. The first-order chi connectivity index (χ1) is 17.2. The lowest BCUT2D eigenvalue weighted by Crippen LogP contribution is -2.16. The third kappa shape index (κ3) is 5.19.